The van der Waals surface area contributed by atoms with Gasteiger partial charge >= 0.3 is 0 Å². The average molecular weight is 223 g/mol. The maximum Gasteiger partial charge on any atom is 0.110 e. The van der Waals surface area contributed by atoms with E-state index in [4.69, 9.17) is 23.2 Å². The minimum absolute atomic E-state index is 0.130. The van der Waals surface area contributed by atoms with Crippen molar-refractivity contribution in [1.29, 1.82) is 0 Å². The van der Waals surface area contributed by atoms with Crippen molar-refractivity contribution in [3.05, 3.63) is 0 Å². The maximum atomic E-state index is 5.96. The van der Waals surface area contributed by atoms with Crippen LogP contribution in [-0.2, 0) is 0 Å². The van der Waals surface area contributed by atoms with Crippen molar-refractivity contribution < 1.29 is 0 Å². The minimum atomic E-state index is -0.130. The van der Waals surface area contributed by atoms with E-state index in [1.54, 1.807) is 0 Å². The fourth-order valence-corrected chi connectivity index (χ4v) is 2.56. The number of halogens is 2. The zero-order valence-electron chi connectivity index (χ0n) is 8.44. The molecule has 0 aromatic carbocycles. The normalized spacial score (nSPS) is 19.4. The van der Waals surface area contributed by atoms with Crippen LogP contribution in [0.1, 0.15) is 51.9 Å². The molecule has 1 atom stereocenters. The lowest BCUT2D eigenvalue weighted by Gasteiger charge is -2.16. The van der Waals surface area contributed by atoms with Crippen LogP contribution in [-0.4, -0.2) is 4.84 Å². The van der Waals surface area contributed by atoms with Crippen molar-refractivity contribution in [2.75, 3.05) is 0 Å². The standard InChI is InChI=1S/C11H20Cl2/c1-2-3-4-5-6-10(11(12)13)9-7-8-9/h9-11H,2-8H2,1H3. The van der Waals surface area contributed by atoms with Crippen LogP contribution in [0.5, 0.6) is 0 Å². The summed E-state index contributed by atoms with van der Waals surface area (Å²) in [7, 11) is 0. The second kappa shape index (κ2) is 6.14. The monoisotopic (exact) mass is 222 g/mol. The first-order chi connectivity index (χ1) is 6.25. The quantitative estimate of drug-likeness (QED) is 0.430. The Hall–Kier alpha value is 0.580. The van der Waals surface area contributed by atoms with Gasteiger partial charge in [0.1, 0.15) is 4.84 Å². The fraction of sp³-hybridized carbons (Fsp3) is 1.00. The van der Waals surface area contributed by atoms with Gasteiger partial charge in [0.2, 0.25) is 0 Å². The molecule has 0 spiro atoms. The highest BCUT2D eigenvalue weighted by Gasteiger charge is 2.34. The highest BCUT2D eigenvalue weighted by molar-refractivity contribution is 6.44. The van der Waals surface area contributed by atoms with Crippen molar-refractivity contribution >= 4 is 23.2 Å². The molecule has 1 fully saturated rings. The molecule has 1 unspecified atom stereocenters. The Kier molecular flexibility index (Phi) is 5.50. The molecule has 1 rings (SSSR count). The summed E-state index contributed by atoms with van der Waals surface area (Å²) in [6, 6.07) is 0. The van der Waals surface area contributed by atoms with E-state index in [1.165, 1.54) is 44.9 Å². The topological polar surface area (TPSA) is 0 Å². The first kappa shape index (κ1) is 11.7. The summed E-state index contributed by atoms with van der Waals surface area (Å²) in [5.41, 5.74) is 0. The molecule has 0 N–H and O–H groups in total. The molecule has 1 aliphatic rings. The average Bonchev–Trinajstić information content (AvgIpc) is 2.87. The Morgan fingerprint density at radius 2 is 1.85 bits per heavy atom. The Labute approximate surface area is 92.0 Å². The molecule has 13 heavy (non-hydrogen) atoms. The molecule has 0 nitrogen and oxygen atoms in total. The van der Waals surface area contributed by atoms with Gasteiger partial charge in [-0.15, -0.1) is 23.2 Å². The molecule has 0 aromatic heterocycles. The van der Waals surface area contributed by atoms with E-state index >= 15 is 0 Å². The number of hydrogen-bond acceptors (Lipinski definition) is 0. The van der Waals surface area contributed by atoms with E-state index < -0.39 is 0 Å². The van der Waals surface area contributed by atoms with Gasteiger partial charge in [-0.3, -0.25) is 0 Å². The van der Waals surface area contributed by atoms with Crippen LogP contribution < -0.4 is 0 Å². The van der Waals surface area contributed by atoms with Gasteiger partial charge in [0.25, 0.3) is 0 Å². The molecule has 0 radical (unpaired) electrons. The highest BCUT2D eigenvalue weighted by atomic mass is 35.5. The Morgan fingerprint density at radius 3 is 2.31 bits per heavy atom. The summed E-state index contributed by atoms with van der Waals surface area (Å²) in [5, 5.41) is 0. The van der Waals surface area contributed by atoms with Gasteiger partial charge in [0, 0.05) is 0 Å². The summed E-state index contributed by atoms with van der Waals surface area (Å²) in [6.45, 7) is 2.24. The highest BCUT2D eigenvalue weighted by Crippen LogP contribution is 2.43. The van der Waals surface area contributed by atoms with Crippen molar-refractivity contribution in [1.82, 2.24) is 0 Å². The third kappa shape index (κ3) is 4.56. The number of unbranched alkanes of at least 4 members (excludes halogenated alkanes) is 3. The molecule has 1 saturated carbocycles. The lowest BCUT2D eigenvalue weighted by atomic mass is 9.98. The van der Waals surface area contributed by atoms with Crippen LogP contribution in [0.4, 0.5) is 0 Å². The predicted octanol–water partition coefficient (Wildman–Crippen LogP) is 4.79. The molecule has 78 valence electrons. The van der Waals surface area contributed by atoms with Gasteiger partial charge < -0.3 is 0 Å². The number of alkyl halides is 2. The second-order valence-electron chi connectivity index (χ2n) is 4.19. The third-order valence-corrected chi connectivity index (χ3v) is 3.59. The van der Waals surface area contributed by atoms with Gasteiger partial charge in [-0.2, -0.15) is 0 Å². The summed E-state index contributed by atoms with van der Waals surface area (Å²) >= 11 is 11.9. The SMILES string of the molecule is CCCCCCC(C(Cl)Cl)C1CC1. The summed E-state index contributed by atoms with van der Waals surface area (Å²) < 4.78 is 0. The van der Waals surface area contributed by atoms with E-state index in [2.05, 4.69) is 6.92 Å². The van der Waals surface area contributed by atoms with E-state index in [9.17, 15) is 0 Å². The van der Waals surface area contributed by atoms with Crippen molar-refractivity contribution in [2.45, 2.75) is 56.7 Å². The summed E-state index contributed by atoms with van der Waals surface area (Å²) in [5.74, 6) is 1.43. The molecule has 2 heteroatoms. The first-order valence-electron chi connectivity index (χ1n) is 5.53. The lowest BCUT2D eigenvalue weighted by molar-refractivity contribution is 0.429. The Bertz CT molecular complexity index is 128. The molecule has 0 saturated heterocycles. The van der Waals surface area contributed by atoms with Crippen LogP contribution in [0, 0.1) is 11.8 Å². The van der Waals surface area contributed by atoms with Gasteiger partial charge in [0.05, 0.1) is 0 Å². The van der Waals surface area contributed by atoms with Crippen LogP contribution in [0.25, 0.3) is 0 Å². The van der Waals surface area contributed by atoms with E-state index in [1.807, 2.05) is 0 Å². The van der Waals surface area contributed by atoms with Gasteiger partial charge in [-0.25, -0.2) is 0 Å². The van der Waals surface area contributed by atoms with Crippen LogP contribution >= 0.6 is 23.2 Å². The van der Waals surface area contributed by atoms with Crippen molar-refractivity contribution in [2.24, 2.45) is 11.8 Å². The molecule has 0 aliphatic heterocycles. The molecule has 0 heterocycles. The summed E-state index contributed by atoms with van der Waals surface area (Å²) in [4.78, 5) is -0.130. The maximum absolute atomic E-state index is 5.96. The zero-order valence-corrected chi connectivity index (χ0v) is 9.95. The molecule has 0 bridgehead atoms. The molecular formula is C11H20Cl2. The van der Waals surface area contributed by atoms with Gasteiger partial charge in [-0.1, -0.05) is 32.6 Å². The lowest BCUT2D eigenvalue weighted by Crippen LogP contribution is -2.11. The van der Waals surface area contributed by atoms with Crippen molar-refractivity contribution in [3.63, 3.8) is 0 Å². The largest absolute Gasteiger partial charge is 0.110 e. The number of rotatable bonds is 7. The number of hydrogen-bond donors (Lipinski definition) is 0. The Balaban J connectivity index is 2.08. The van der Waals surface area contributed by atoms with Crippen LogP contribution in [0.15, 0.2) is 0 Å². The first-order valence-corrected chi connectivity index (χ1v) is 6.41. The van der Waals surface area contributed by atoms with Gasteiger partial charge in [-0.05, 0) is 31.1 Å². The summed E-state index contributed by atoms with van der Waals surface area (Å²) in [6.07, 6.45) is 9.27. The van der Waals surface area contributed by atoms with E-state index in [-0.39, 0.29) is 4.84 Å². The molecule has 0 aromatic rings. The molecular weight excluding hydrogens is 203 g/mol. The smallest absolute Gasteiger partial charge is 0.105 e. The van der Waals surface area contributed by atoms with Crippen molar-refractivity contribution in [3.8, 4) is 0 Å². The Morgan fingerprint density at radius 1 is 1.15 bits per heavy atom. The predicted molar refractivity (Wildman–Crippen MR) is 60.5 cm³/mol. The molecule has 1 aliphatic carbocycles. The van der Waals surface area contributed by atoms with Crippen LogP contribution in [0.3, 0.4) is 0 Å². The fourth-order valence-electron chi connectivity index (χ4n) is 1.90. The van der Waals surface area contributed by atoms with Crippen LogP contribution in [0.2, 0.25) is 0 Å². The zero-order chi connectivity index (χ0) is 9.68. The van der Waals surface area contributed by atoms with E-state index in [0.29, 0.717) is 5.92 Å². The minimum Gasteiger partial charge on any atom is -0.105 e. The van der Waals surface area contributed by atoms with Gasteiger partial charge in [0.15, 0.2) is 0 Å². The second-order valence-corrected chi connectivity index (χ2v) is 5.35. The third-order valence-electron chi connectivity index (χ3n) is 2.94. The molecule has 0 amide bonds. The van der Waals surface area contributed by atoms with E-state index in [0.717, 1.165) is 5.92 Å².